The summed E-state index contributed by atoms with van der Waals surface area (Å²) >= 11 is 0. The van der Waals surface area contributed by atoms with Gasteiger partial charge in [-0.15, -0.1) is 0 Å². The summed E-state index contributed by atoms with van der Waals surface area (Å²) in [5.74, 6) is 0. The van der Waals surface area contributed by atoms with Crippen LogP contribution in [0.1, 0.15) is 52.8 Å². The Labute approximate surface area is 122 Å². The zero-order chi connectivity index (χ0) is 15.2. The van der Waals surface area contributed by atoms with E-state index < -0.39 is 0 Å². The summed E-state index contributed by atoms with van der Waals surface area (Å²) in [4.78, 5) is 4.25. The standard InChI is InChI=1S/C9H13N.C8H12N2/c1-9(2,3)8-6-4-5-7-10-8;1-8(2,3)7-4-5-9-10-6-7/h4-7H,1-3H3;4-6H,1-3H3. The highest BCUT2D eigenvalue weighted by atomic mass is 15.1. The molecule has 0 fully saturated rings. The van der Waals surface area contributed by atoms with E-state index >= 15 is 0 Å². The van der Waals surface area contributed by atoms with Crippen molar-refractivity contribution >= 4 is 0 Å². The molecule has 0 spiro atoms. The van der Waals surface area contributed by atoms with Crippen molar-refractivity contribution in [2.45, 2.75) is 52.4 Å². The molecule has 0 aliphatic heterocycles. The highest BCUT2D eigenvalue weighted by molar-refractivity contribution is 5.15. The maximum atomic E-state index is 4.25. The van der Waals surface area contributed by atoms with Crippen LogP contribution in [0, 0.1) is 0 Å². The molecule has 0 atom stereocenters. The average Bonchev–Trinajstić information content (AvgIpc) is 2.40. The van der Waals surface area contributed by atoms with Gasteiger partial charge in [0.2, 0.25) is 0 Å². The molecule has 2 aromatic rings. The lowest BCUT2D eigenvalue weighted by atomic mass is 9.89. The van der Waals surface area contributed by atoms with Crippen LogP contribution in [-0.4, -0.2) is 15.2 Å². The molecule has 0 saturated heterocycles. The summed E-state index contributed by atoms with van der Waals surface area (Å²) in [6, 6.07) is 8.01. The van der Waals surface area contributed by atoms with Gasteiger partial charge in [-0.3, -0.25) is 4.98 Å². The molecule has 0 aromatic carbocycles. The third-order valence-electron chi connectivity index (χ3n) is 2.88. The number of pyridine rings is 1. The van der Waals surface area contributed by atoms with Gasteiger partial charge < -0.3 is 0 Å². The summed E-state index contributed by atoms with van der Waals surface area (Å²) < 4.78 is 0. The van der Waals surface area contributed by atoms with Gasteiger partial charge >= 0.3 is 0 Å². The molecule has 2 rings (SSSR count). The fourth-order valence-electron chi connectivity index (χ4n) is 1.54. The van der Waals surface area contributed by atoms with E-state index in [4.69, 9.17) is 0 Å². The van der Waals surface area contributed by atoms with Crippen LogP contribution in [0.15, 0.2) is 42.9 Å². The van der Waals surface area contributed by atoms with Crippen LogP contribution < -0.4 is 0 Å². The molecule has 2 aromatic heterocycles. The molecule has 3 nitrogen and oxygen atoms in total. The van der Waals surface area contributed by atoms with Gasteiger partial charge in [0.25, 0.3) is 0 Å². The second-order valence-corrected chi connectivity index (χ2v) is 6.85. The maximum Gasteiger partial charge on any atom is 0.0533 e. The van der Waals surface area contributed by atoms with E-state index in [1.54, 1.807) is 12.4 Å². The highest BCUT2D eigenvalue weighted by Gasteiger charge is 2.13. The second kappa shape index (κ2) is 6.60. The quantitative estimate of drug-likeness (QED) is 0.722. The fraction of sp³-hybridized carbons (Fsp3) is 0.471. The van der Waals surface area contributed by atoms with Crippen molar-refractivity contribution in [2.75, 3.05) is 0 Å². The first-order valence-corrected chi connectivity index (χ1v) is 6.90. The predicted molar refractivity (Wildman–Crippen MR) is 83.7 cm³/mol. The Morgan fingerprint density at radius 2 is 1.45 bits per heavy atom. The third kappa shape index (κ3) is 5.47. The largest absolute Gasteiger partial charge is 0.261 e. The van der Waals surface area contributed by atoms with Crippen molar-refractivity contribution in [3.05, 3.63) is 54.1 Å². The van der Waals surface area contributed by atoms with Gasteiger partial charge in [0.05, 0.1) is 6.20 Å². The van der Waals surface area contributed by atoms with E-state index in [-0.39, 0.29) is 10.8 Å². The number of rotatable bonds is 0. The Balaban J connectivity index is 0.000000200. The molecule has 0 aliphatic rings. The smallest absolute Gasteiger partial charge is 0.0533 e. The summed E-state index contributed by atoms with van der Waals surface area (Å²) in [6.07, 6.45) is 5.36. The number of aromatic nitrogens is 3. The van der Waals surface area contributed by atoms with E-state index in [1.165, 1.54) is 5.56 Å². The van der Waals surface area contributed by atoms with E-state index in [1.807, 2.05) is 24.4 Å². The van der Waals surface area contributed by atoms with Crippen LogP contribution in [-0.2, 0) is 10.8 Å². The van der Waals surface area contributed by atoms with Crippen LogP contribution in [0.2, 0.25) is 0 Å². The minimum absolute atomic E-state index is 0.182. The SMILES string of the molecule is CC(C)(C)c1ccccn1.CC(C)(C)c1ccnnc1. The van der Waals surface area contributed by atoms with Gasteiger partial charge in [-0.05, 0) is 29.2 Å². The molecule has 0 aliphatic carbocycles. The number of nitrogens with zero attached hydrogens (tertiary/aromatic N) is 3. The molecule has 0 N–H and O–H groups in total. The van der Waals surface area contributed by atoms with E-state index in [0.717, 1.165) is 5.69 Å². The number of hydrogen-bond acceptors (Lipinski definition) is 3. The summed E-state index contributed by atoms with van der Waals surface area (Å²) in [6.45, 7) is 13.0. The van der Waals surface area contributed by atoms with Crippen molar-refractivity contribution in [2.24, 2.45) is 0 Å². The molecule has 0 bridgehead atoms. The van der Waals surface area contributed by atoms with Gasteiger partial charge in [0.1, 0.15) is 0 Å². The Morgan fingerprint density at radius 3 is 1.75 bits per heavy atom. The van der Waals surface area contributed by atoms with Gasteiger partial charge in [-0.1, -0.05) is 47.6 Å². The van der Waals surface area contributed by atoms with Gasteiger partial charge in [-0.2, -0.15) is 10.2 Å². The Kier molecular flexibility index (Phi) is 5.37. The fourth-order valence-corrected chi connectivity index (χ4v) is 1.54. The van der Waals surface area contributed by atoms with E-state index in [2.05, 4.69) is 62.8 Å². The lowest BCUT2D eigenvalue weighted by Gasteiger charge is -2.16. The monoisotopic (exact) mass is 271 g/mol. The molecule has 108 valence electrons. The van der Waals surface area contributed by atoms with Crippen molar-refractivity contribution < 1.29 is 0 Å². The summed E-state index contributed by atoms with van der Waals surface area (Å²) in [5, 5.41) is 7.51. The molecule has 2 heterocycles. The zero-order valence-corrected chi connectivity index (χ0v) is 13.4. The van der Waals surface area contributed by atoms with Crippen molar-refractivity contribution in [1.82, 2.24) is 15.2 Å². The first-order chi connectivity index (χ1) is 9.21. The molecule has 0 saturated carbocycles. The Hall–Kier alpha value is -1.77. The Bertz CT molecular complexity index is 444. The maximum absolute atomic E-state index is 4.25. The molecule has 0 amide bonds. The molecular formula is C17H25N3. The molecule has 0 unspecified atom stereocenters. The third-order valence-corrected chi connectivity index (χ3v) is 2.88. The normalized spacial score (nSPS) is 11.5. The Morgan fingerprint density at radius 1 is 0.750 bits per heavy atom. The number of hydrogen-bond donors (Lipinski definition) is 0. The van der Waals surface area contributed by atoms with Crippen molar-refractivity contribution in [1.29, 1.82) is 0 Å². The average molecular weight is 271 g/mol. The minimum Gasteiger partial charge on any atom is -0.261 e. The van der Waals surface area contributed by atoms with E-state index in [0.29, 0.717) is 0 Å². The second-order valence-electron chi connectivity index (χ2n) is 6.85. The summed E-state index contributed by atoms with van der Waals surface area (Å²) in [7, 11) is 0. The van der Waals surface area contributed by atoms with Gasteiger partial charge in [-0.25, -0.2) is 0 Å². The topological polar surface area (TPSA) is 38.7 Å². The molecule has 0 radical (unpaired) electrons. The molecule has 20 heavy (non-hydrogen) atoms. The van der Waals surface area contributed by atoms with Crippen molar-refractivity contribution in [3.8, 4) is 0 Å². The van der Waals surface area contributed by atoms with Crippen LogP contribution in [0.5, 0.6) is 0 Å². The summed E-state index contributed by atoms with van der Waals surface area (Å²) in [5.41, 5.74) is 2.74. The van der Waals surface area contributed by atoms with Gasteiger partial charge in [0, 0.05) is 23.5 Å². The van der Waals surface area contributed by atoms with Gasteiger partial charge in [0.15, 0.2) is 0 Å². The van der Waals surface area contributed by atoms with Crippen LogP contribution >= 0.6 is 0 Å². The van der Waals surface area contributed by atoms with Crippen LogP contribution in [0.25, 0.3) is 0 Å². The van der Waals surface area contributed by atoms with Crippen LogP contribution in [0.3, 0.4) is 0 Å². The lowest BCUT2D eigenvalue weighted by molar-refractivity contribution is 0.569. The lowest BCUT2D eigenvalue weighted by Crippen LogP contribution is -2.12. The highest BCUT2D eigenvalue weighted by Crippen LogP contribution is 2.19. The molecular weight excluding hydrogens is 246 g/mol. The van der Waals surface area contributed by atoms with Crippen molar-refractivity contribution in [3.63, 3.8) is 0 Å². The predicted octanol–water partition coefficient (Wildman–Crippen LogP) is 4.15. The first-order valence-electron chi connectivity index (χ1n) is 6.90. The van der Waals surface area contributed by atoms with E-state index in [9.17, 15) is 0 Å². The first kappa shape index (κ1) is 16.3. The molecule has 3 heteroatoms. The minimum atomic E-state index is 0.182. The van der Waals surface area contributed by atoms with Crippen LogP contribution in [0.4, 0.5) is 0 Å². The zero-order valence-electron chi connectivity index (χ0n) is 13.4.